The Balaban J connectivity index is 2.42. The van der Waals surface area contributed by atoms with Crippen LogP contribution < -0.4 is 4.74 Å². The summed E-state index contributed by atoms with van der Waals surface area (Å²) in [6.07, 6.45) is 0. The molecule has 0 unspecified atom stereocenters. The number of hydrogen-bond acceptors (Lipinski definition) is 4. The lowest BCUT2D eigenvalue weighted by Crippen LogP contribution is -2.15. The van der Waals surface area contributed by atoms with Crippen molar-refractivity contribution in [3.05, 3.63) is 23.8 Å². The number of esters is 1. The summed E-state index contributed by atoms with van der Waals surface area (Å²) in [6, 6.07) is 5.16. The Bertz CT molecular complexity index is 412. The molecule has 0 N–H and O–H groups in total. The Kier molecular flexibility index (Phi) is 2.29. The average Bonchev–Trinajstić information content (AvgIpc) is 2.16. The molecule has 1 heterocycles. The summed E-state index contributed by atoms with van der Waals surface area (Å²) in [7, 11) is 0. The predicted molar refractivity (Wildman–Crippen MR) is 52.8 cm³/mol. The lowest BCUT2D eigenvalue weighted by molar-refractivity contribution is -0.131. The van der Waals surface area contributed by atoms with E-state index in [1.807, 2.05) is 6.07 Å². The number of benzene rings is 1. The van der Waals surface area contributed by atoms with Crippen molar-refractivity contribution < 1.29 is 14.3 Å². The minimum Gasteiger partial charge on any atom is -0.425 e. The van der Waals surface area contributed by atoms with Gasteiger partial charge < -0.3 is 4.74 Å². The van der Waals surface area contributed by atoms with Gasteiger partial charge in [-0.25, -0.2) is 0 Å². The SMILES string of the molecule is CC(=O)c1ccc2c(c1)OC(=O)CS2. The third-order valence-electron chi connectivity index (χ3n) is 1.92. The molecule has 72 valence electrons. The van der Waals surface area contributed by atoms with Crippen LogP contribution in [0.1, 0.15) is 17.3 Å². The van der Waals surface area contributed by atoms with E-state index in [2.05, 4.69) is 0 Å². The number of carbonyl (C=O) groups excluding carboxylic acids is 2. The second-order valence-corrected chi connectivity index (χ2v) is 4.00. The number of thioether (sulfide) groups is 1. The zero-order chi connectivity index (χ0) is 10.1. The molecule has 0 amide bonds. The second-order valence-electron chi connectivity index (χ2n) is 2.98. The summed E-state index contributed by atoms with van der Waals surface area (Å²) in [5.41, 5.74) is 0.569. The van der Waals surface area contributed by atoms with Crippen molar-refractivity contribution in [2.45, 2.75) is 11.8 Å². The molecule has 0 aliphatic carbocycles. The lowest BCUT2D eigenvalue weighted by Gasteiger charge is -2.14. The van der Waals surface area contributed by atoms with Gasteiger partial charge >= 0.3 is 5.97 Å². The van der Waals surface area contributed by atoms with Crippen molar-refractivity contribution in [1.29, 1.82) is 0 Å². The average molecular weight is 208 g/mol. The normalized spacial score (nSPS) is 14.5. The Morgan fingerprint density at radius 1 is 1.50 bits per heavy atom. The summed E-state index contributed by atoms with van der Waals surface area (Å²) >= 11 is 1.43. The van der Waals surface area contributed by atoms with Crippen molar-refractivity contribution in [3.8, 4) is 5.75 Å². The summed E-state index contributed by atoms with van der Waals surface area (Å²) in [6.45, 7) is 1.49. The maximum absolute atomic E-state index is 11.1. The highest BCUT2D eigenvalue weighted by molar-refractivity contribution is 8.00. The van der Waals surface area contributed by atoms with Crippen LogP contribution in [-0.2, 0) is 4.79 Å². The van der Waals surface area contributed by atoms with Gasteiger partial charge in [0.15, 0.2) is 5.78 Å². The molecular weight excluding hydrogens is 200 g/mol. The van der Waals surface area contributed by atoms with Crippen LogP contribution in [-0.4, -0.2) is 17.5 Å². The molecule has 1 aliphatic rings. The van der Waals surface area contributed by atoms with Gasteiger partial charge in [-0.3, -0.25) is 9.59 Å². The molecule has 0 bridgehead atoms. The van der Waals surface area contributed by atoms with E-state index < -0.39 is 0 Å². The number of hydrogen-bond donors (Lipinski definition) is 0. The molecular formula is C10H8O3S. The first-order valence-corrected chi connectivity index (χ1v) is 5.14. The molecule has 3 nitrogen and oxygen atoms in total. The summed E-state index contributed by atoms with van der Waals surface area (Å²) in [5.74, 6) is 0.549. The minimum absolute atomic E-state index is 0.0283. The van der Waals surface area contributed by atoms with Crippen LogP contribution in [0.5, 0.6) is 5.75 Å². The molecule has 1 aliphatic heterocycles. The first-order chi connectivity index (χ1) is 6.66. The van der Waals surface area contributed by atoms with E-state index in [1.54, 1.807) is 12.1 Å². The summed E-state index contributed by atoms with van der Waals surface area (Å²) in [4.78, 5) is 23.0. The molecule has 4 heteroatoms. The lowest BCUT2D eigenvalue weighted by atomic mass is 10.1. The molecule has 1 aromatic rings. The van der Waals surface area contributed by atoms with Gasteiger partial charge in [0.25, 0.3) is 0 Å². The van der Waals surface area contributed by atoms with E-state index in [0.29, 0.717) is 17.1 Å². The highest BCUT2D eigenvalue weighted by Gasteiger charge is 2.18. The van der Waals surface area contributed by atoms with E-state index in [0.717, 1.165) is 4.90 Å². The molecule has 2 rings (SSSR count). The fourth-order valence-corrected chi connectivity index (χ4v) is 1.95. The first kappa shape index (κ1) is 9.27. The first-order valence-electron chi connectivity index (χ1n) is 4.15. The van der Waals surface area contributed by atoms with E-state index >= 15 is 0 Å². The predicted octanol–water partition coefficient (Wildman–Crippen LogP) is 1.90. The molecule has 0 aromatic heterocycles. The Hall–Kier alpha value is -1.29. The van der Waals surface area contributed by atoms with Crippen molar-refractivity contribution in [2.75, 3.05) is 5.75 Å². The third-order valence-corrected chi connectivity index (χ3v) is 2.95. The molecule has 14 heavy (non-hydrogen) atoms. The van der Waals surface area contributed by atoms with Crippen LogP contribution in [0, 0.1) is 0 Å². The van der Waals surface area contributed by atoms with E-state index in [9.17, 15) is 9.59 Å². The maximum Gasteiger partial charge on any atom is 0.321 e. The van der Waals surface area contributed by atoms with Gasteiger partial charge in [0.1, 0.15) is 5.75 Å². The van der Waals surface area contributed by atoms with E-state index in [-0.39, 0.29) is 11.8 Å². The van der Waals surface area contributed by atoms with Crippen LogP contribution in [0.25, 0.3) is 0 Å². The monoisotopic (exact) mass is 208 g/mol. The van der Waals surface area contributed by atoms with Crippen LogP contribution >= 0.6 is 11.8 Å². The van der Waals surface area contributed by atoms with Crippen LogP contribution in [0.4, 0.5) is 0 Å². The number of fused-ring (bicyclic) bond motifs is 1. The maximum atomic E-state index is 11.1. The standard InChI is InChI=1S/C10H8O3S/c1-6(11)7-2-3-9-8(4-7)13-10(12)5-14-9/h2-4H,5H2,1H3. The zero-order valence-corrected chi connectivity index (χ0v) is 8.39. The smallest absolute Gasteiger partial charge is 0.321 e. The molecule has 0 fully saturated rings. The molecule has 0 atom stereocenters. The van der Waals surface area contributed by atoms with E-state index in [1.165, 1.54) is 18.7 Å². The highest BCUT2D eigenvalue weighted by atomic mass is 32.2. The largest absolute Gasteiger partial charge is 0.425 e. The number of carbonyl (C=O) groups is 2. The third kappa shape index (κ3) is 1.65. The fraction of sp³-hybridized carbons (Fsp3) is 0.200. The summed E-state index contributed by atoms with van der Waals surface area (Å²) < 4.78 is 5.01. The Labute approximate surface area is 85.4 Å². The van der Waals surface area contributed by atoms with Crippen LogP contribution in [0.15, 0.2) is 23.1 Å². The number of ketones is 1. The van der Waals surface area contributed by atoms with Gasteiger partial charge in [-0.2, -0.15) is 0 Å². The van der Waals surface area contributed by atoms with Crippen molar-refractivity contribution >= 4 is 23.5 Å². The van der Waals surface area contributed by atoms with Gasteiger partial charge in [-0.05, 0) is 19.1 Å². The highest BCUT2D eigenvalue weighted by Crippen LogP contribution is 2.34. The summed E-state index contributed by atoms with van der Waals surface area (Å²) in [5, 5.41) is 0. The Morgan fingerprint density at radius 3 is 3.00 bits per heavy atom. The van der Waals surface area contributed by atoms with E-state index in [4.69, 9.17) is 4.74 Å². The Morgan fingerprint density at radius 2 is 2.29 bits per heavy atom. The molecule has 0 spiro atoms. The van der Waals surface area contributed by atoms with Gasteiger partial charge in [0, 0.05) is 5.56 Å². The molecule has 0 radical (unpaired) electrons. The van der Waals surface area contributed by atoms with Crippen molar-refractivity contribution in [1.82, 2.24) is 0 Å². The number of ether oxygens (including phenoxy) is 1. The molecule has 0 saturated carbocycles. The van der Waals surface area contributed by atoms with Crippen LogP contribution in [0.3, 0.4) is 0 Å². The van der Waals surface area contributed by atoms with Crippen LogP contribution in [0.2, 0.25) is 0 Å². The molecule has 0 saturated heterocycles. The minimum atomic E-state index is -0.261. The topological polar surface area (TPSA) is 43.4 Å². The number of rotatable bonds is 1. The van der Waals surface area contributed by atoms with Gasteiger partial charge in [0.05, 0.1) is 10.6 Å². The van der Waals surface area contributed by atoms with Gasteiger partial charge in [0.2, 0.25) is 0 Å². The zero-order valence-electron chi connectivity index (χ0n) is 7.57. The van der Waals surface area contributed by atoms with Crippen molar-refractivity contribution in [3.63, 3.8) is 0 Å². The molecule has 1 aromatic carbocycles. The van der Waals surface area contributed by atoms with Gasteiger partial charge in [-0.15, -0.1) is 11.8 Å². The fourth-order valence-electron chi connectivity index (χ4n) is 1.21. The van der Waals surface area contributed by atoms with Crippen molar-refractivity contribution in [2.24, 2.45) is 0 Å². The second kappa shape index (κ2) is 3.46. The number of Topliss-reactive ketones (excluding diaryl/α,β-unsaturated/α-hetero) is 1. The van der Waals surface area contributed by atoms with Gasteiger partial charge in [-0.1, -0.05) is 6.07 Å². The quantitative estimate of drug-likeness (QED) is 0.401.